The number of halogens is 3. The molecule has 1 aliphatic rings. The molecular formula is C26H19F3N4O2. The van der Waals surface area contributed by atoms with Gasteiger partial charge in [-0.1, -0.05) is 29.4 Å². The molecule has 2 amide bonds. The van der Waals surface area contributed by atoms with E-state index in [0.29, 0.717) is 28.0 Å². The van der Waals surface area contributed by atoms with Crippen LogP contribution in [0.15, 0.2) is 83.0 Å². The van der Waals surface area contributed by atoms with Crippen LogP contribution in [0, 0.1) is 17.5 Å². The lowest BCUT2D eigenvalue weighted by Crippen LogP contribution is -2.45. The molecule has 1 unspecified atom stereocenters. The molecule has 35 heavy (non-hydrogen) atoms. The number of amides is 2. The van der Waals surface area contributed by atoms with Gasteiger partial charge in [0, 0.05) is 11.3 Å². The fourth-order valence-electron chi connectivity index (χ4n) is 4.01. The third-order valence-corrected chi connectivity index (χ3v) is 5.79. The summed E-state index contributed by atoms with van der Waals surface area (Å²) in [7, 11) is 0. The van der Waals surface area contributed by atoms with Gasteiger partial charge in [-0.25, -0.2) is 18.0 Å². The second-order valence-electron chi connectivity index (χ2n) is 8.08. The van der Waals surface area contributed by atoms with E-state index in [1.807, 2.05) is 0 Å². The van der Waals surface area contributed by atoms with E-state index in [9.17, 15) is 18.0 Å². The molecule has 0 radical (unpaired) electrons. The molecule has 0 saturated carbocycles. The summed E-state index contributed by atoms with van der Waals surface area (Å²) in [6, 6.07) is 16.1. The maximum atomic E-state index is 14.0. The SMILES string of the molecule is CC1=C(c2nc(-c3ccc(F)cc3)no2)C(c2cccc(F)c2)NC(=O)N1Cc1ccc(F)cc1. The molecule has 1 aliphatic heterocycles. The van der Waals surface area contributed by atoms with Gasteiger partial charge in [-0.3, -0.25) is 4.90 Å². The Bertz CT molecular complexity index is 1420. The van der Waals surface area contributed by atoms with Crippen molar-refractivity contribution in [2.75, 3.05) is 0 Å². The summed E-state index contributed by atoms with van der Waals surface area (Å²) in [6.45, 7) is 1.89. The molecule has 6 nitrogen and oxygen atoms in total. The largest absolute Gasteiger partial charge is 0.334 e. The lowest BCUT2D eigenvalue weighted by atomic mass is 9.94. The van der Waals surface area contributed by atoms with Crippen molar-refractivity contribution in [1.82, 2.24) is 20.4 Å². The first-order valence-electron chi connectivity index (χ1n) is 10.8. The van der Waals surface area contributed by atoms with Crippen LogP contribution in [0.25, 0.3) is 17.0 Å². The van der Waals surface area contributed by atoms with Crippen molar-refractivity contribution in [2.24, 2.45) is 0 Å². The van der Waals surface area contributed by atoms with Crippen LogP contribution in [0.4, 0.5) is 18.0 Å². The van der Waals surface area contributed by atoms with E-state index in [1.165, 1.54) is 53.4 Å². The number of hydrogen-bond donors (Lipinski definition) is 1. The molecule has 0 saturated heterocycles. The minimum Gasteiger partial charge on any atom is -0.334 e. The second-order valence-corrected chi connectivity index (χ2v) is 8.08. The van der Waals surface area contributed by atoms with Crippen LogP contribution in [-0.4, -0.2) is 21.1 Å². The van der Waals surface area contributed by atoms with Crippen LogP contribution in [0.5, 0.6) is 0 Å². The molecule has 1 aromatic heterocycles. The van der Waals surface area contributed by atoms with Gasteiger partial charge in [0.15, 0.2) is 0 Å². The third-order valence-electron chi connectivity index (χ3n) is 5.79. The van der Waals surface area contributed by atoms with E-state index in [0.717, 1.165) is 0 Å². The smallest absolute Gasteiger partial charge is 0.322 e. The maximum absolute atomic E-state index is 14.0. The summed E-state index contributed by atoms with van der Waals surface area (Å²) in [4.78, 5) is 19.0. The fourth-order valence-corrected chi connectivity index (χ4v) is 4.01. The quantitative estimate of drug-likeness (QED) is 0.392. The highest BCUT2D eigenvalue weighted by molar-refractivity contribution is 5.86. The predicted molar refractivity (Wildman–Crippen MR) is 122 cm³/mol. The average molecular weight is 476 g/mol. The average Bonchev–Trinajstić information content (AvgIpc) is 3.33. The van der Waals surface area contributed by atoms with Gasteiger partial charge in [0.25, 0.3) is 5.89 Å². The lowest BCUT2D eigenvalue weighted by Gasteiger charge is -2.35. The molecule has 176 valence electrons. The summed E-state index contributed by atoms with van der Waals surface area (Å²) in [5.74, 6) is -0.871. The number of aromatic nitrogens is 2. The van der Waals surface area contributed by atoms with Crippen LogP contribution in [0.3, 0.4) is 0 Å². The number of carbonyl (C=O) groups is 1. The number of nitrogens with zero attached hydrogens (tertiary/aromatic N) is 3. The van der Waals surface area contributed by atoms with Crippen LogP contribution >= 0.6 is 0 Å². The molecule has 0 bridgehead atoms. The van der Waals surface area contributed by atoms with Gasteiger partial charge in [0.1, 0.15) is 17.5 Å². The highest BCUT2D eigenvalue weighted by atomic mass is 19.1. The van der Waals surface area contributed by atoms with E-state index in [-0.39, 0.29) is 24.1 Å². The lowest BCUT2D eigenvalue weighted by molar-refractivity contribution is 0.203. The van der Waals surface area contributed by atoms with Crippen LogP contribution in [-0.2, 0) is 6.54 Å². The molecular weight excluding hydrogens is 457 g/mol. The van der Waals surface area contributed by atoms with Gasteiger partial charge in [-0.05, 0) is 66.6 Å². The number of rotatable bonds is 5. The molecule has 5 rings (SSSR count). The van der Waals surface area contributed by atoms with Gasteiger partial charge in [0.2, 0.25) is 5.82 Å². The summed E-state index contributed by atoms with van der Waals surface area (Å²) in [6.07, 6.45) is 0. The number of carbonyl (C=O) groups excluding carboxylic acids is 1. The summed E-state index contributed by atoms with van der Waals surface area (Å²) < 4.78 is 46.3. The number of nitrogens with one attached hydrogen (secondary N) is 1. The zero-order valence-electron chi connectivity index (χ0n) is 18.5. The van der Waals surface area contributed by atoms with Crippen molar-refractivity contribution < 1.29 is 22.5 Å². The number of benzene rings is 3. The number of urea groups is 1. The maximum Gasteiger partial charge on any atom is 0.322 e. The molecule has 0 fully saturated rings. The Balaban J connectivity index is 1.59. The molecule has 0 spiro atoms. The first kappa shape index (κ1) is 22.4. The highest BCUT2D eigenvalue weighted by Crippen LogP contribution is 2.38. The van der Waals surface area contributed by atoms with Crippen molar-refractivity contribution in [2.45, 2.75) is 19.5 Å². The summed E-state index contributed by atoms with van der Waals surface area (Å²) in [5, 5.41) is 6.91. The van der Waals surface area contributed by atoms with Crippen LogP contribution in [0.2, 0.25) is 0 Å². The molecule has 2 heterocycles. The van der Waals surface area contributed by atoms with Gasteiger partial charge >= 0.3 is 6.03 Å². The first-order chi connectivity index (χ1) is 16.9. The Morgan fingerprint density at radius 1 is 0.943 bits per heavy atom. The minimum atomic E-state index is -0.760. The van der Waals surface area contributed by atoms with Crippen molar-refractivity contribution in [1.29, 1.82) is 0 Å². The van der Waals surface area contributed by atoms with Crippen LogP contribution < -0.4 is 5.32 Å². The zero-order valence-corrected chi connectivity index (χ0v) is 18.5. The van der Waals surface area contributed by atoms with Gasteiger partial charge in [0.05, 0.1) is 18.2 Å². The Labute approximate surface area is 198 Å². The predicted octanol–water partition coefficient (Wildman–Crippen LogP) is 5.85. The highest BCUT2D eigenvalue weighted by Gasteiger charge is 2.36. The van der Waals surface area contributed by atoms with E-state index >= 15 is 0 Å². The van der Waals surface area contributed by atoms with Gasteiger partial charge in [-0.15, -0.1) is 0 Å². The Morgan fingerprint density at radius 2 is 1.63 bits per heavy atom. The monoisotopic (exact) mass is 476 g/mol. The molecule has 1 atom stereocenters. The van der Waals surface area contributed by atoms with Crippen molar-refractivity contribution >= 4 is 11.6 Å². The standard InChI is InChI=1S/C26H19F3N4O2/c1-15-22(25-31-24(32-35-25)17-7-11-20(28)12-8-17)23(18-3-2-4-21(29)13-18)30-26(34)33(15)14-16-5-9-19(27)10-6-16/h2-13,23H,14H2,1H3,(H,30,34). The van der Waals surface area contributed by atoms with Gasteiger partial charge in [-0.2, -0.15) is 4.98 Å². The molecule has 9 heteroatoms. The molecule has 4 aromatic rings. The fraction of sp³-hybridized carbons (Fsp3) is 0.115. The van der Waals surface area contributed by atoms with Gasteiger partial charge < -0.3 is 9.84 Å². The summed E-state index contributed by atoms with van der Waals surface area (Å²) >= 11 is 0. The Kier molecular flexibility index (Phi) is 5.82. The van der Waals surface area contributed by atoms with E-state index < -0.39 is 23.7 Å². The normalized spacial score (nSPS) is 15.9. The van der Waals surface area contributed by atoms with Crippen molar-refractivity contribution in [3.05, 3.63) is 113 Å². The topological polar surface area (TPSA) is 71.3 Å². The van der Waals surface area contributed by atoms with Crippen LogP contribution in [0.1, 0.15) is 30.0 Å². The second kappa shape index (κ2) is 9.09. The Morgan fingerprint density at radius 3 is 2.31 bits per heavy atom. The van der Waals surface area contributed by atoms with E-state index in [4.69, 9.17) is 4.52 Å². The van der Waals surface area contributed by atoms with E-state index in [1.54, 1.807) is 31.2 Å². The molecule has 0 aliphatic carbocycles. The molecule has 1 N–H and O–H groups in total. The van der Waals surface area contributed by atoms with E-state index in [2.05, 4.69) is 15.5 Å². The summed E-state index contributed by atoms with van der Waals surface area (Å²) in [5.41, 5.74) is 2.75. The third kappa shape index (κ3) is 4.52. The molecule has 3 aromatic carbocycles. The Hall–Kier alpha value is -4.40. The van der Waals surface area contributed by atoms with Crippen molar-refractivity contribution in [3.8, 4) is 11.4 Å². The first-order valence-corrected chi connectivity index (χ1v) is 10.8. The van der Waals surface area contributed by atoms with Crippen molar-refractivity contribution in [3.63, 3.8) is 0 Å². The minimum absolute atomic E-state index is 0.125. The number of hydrogen-bond acceptors (Lipinski definition) is 4. The number of allylic oxidation sites excluding steroid dienone is 1. The zero-order chi connectivity index (χ0) is 24.5.